The second-order valence-electron chi connectivity index (χ2n) is 9.74. The van der Waals surface area contributed by atoms with E-state index in [1.165, 1.54) is 33.4 Å². The summed E-state index contributed by atoms with van der Waals surface area (Å²) in [6.07, 6.45) is 7.81. The molecule has 1 heterocycles. The van der Waals surface area contributed by atoms with Crippen molar-refractivity contribution in [2.45, 2.75) is 25.7 Å². The van der Waals surface area contributed by atoms with Crippen LogP contribution in [0.3, 0.4) is 0 Å². The molecule has 0 N–H and O–H groups in total. The minimum atomic E-state index is 0.0572. The van der Waals surface area contributed by atoms with E-state index in [0.29, 0.717) is 29.2 Å². The molecule has 0 amide bonds. The topological polar surface area (TPSA) is 48.0 Å². The summed E-state index contributed by atoms with van der Waals surface area (Å²) in [6, 6.07) is 20.9. The maximum absolute atomic E-state index is 13.1. The molecule has 0 radical (unpaired) electrons. The highest BCUT2D eigenvalue weighted by molar-refractivity contribution is 6.00. The van der Waals surface area contributed by atoms with Crippen LogP contribution in [0.15, 0.2) is 66.2 Å². The molecule has 1 fully saturated rings. The van der Waals surface area contributed by atoms with Crippen molar-refractivity contribution in [2.24, 2.45) is 0 Å². The first-order chi connectivity index (χ1) is 18.6. The first-order valence-electron chi connectivity index (χ1n) is 13.3. The number of carbonyl (C=O) groups is 1. The van der Waals surface area contributed by atoms with Crippen LogP contribution < -0.4 is 14.2 Å². The lowest BCUT2D eigenvalue weighted by molar-refractivity contribution is 0.0970. The number of fused-ring (bicyclic) bond motifs is 2. The third-order valence-electron chi connectivity index (χ3n) is 7.60. The van der Waals surface area contributed by atoms with Gasteiger partial charge in [-0.05, 0) is 65.8 Å². The van der Waals surface area contributed by atoms with E-state index in [9.17, 15) is 4.79 Å². The van der Waals surface area contributed by atoms with Gasteiger partial charge >= 0.3 is 0 Å². The highest BCUT2D eigenvalue weighted by atomic mass is 16.5. The number of hydrogen-bond acceptors (Lipinski definition) is 5. The predicted octanol–water partition coefficient (Wildman–Crippen LogP) is 6.76. The summed E-state index contributed by atoms with van der Waals surface area (Å²) in [5, 5.41) is 0. The van der Waals surface area contributed by atoms with Crippen LogP contribution in [0.4, 0.5) is 0 Å². The third-order valence-corrected chi connectivity index (χ3v) is 7.60. The van der Waals surface area contributed by atoms with Gasteiger partial charge < -0.3 is 19.1 Å². The van der Waals surface area contributed by atoms with Gasteiger partial charge in [0.2, 0.25) is 5.75 Å². The van der Waals surface area contributed by atoms with Gasteiger partial charge in [-0.25, -0.2) is 0 Å². The fraction of sp³-hybridized carbons (Fsp3) is 0.303. The van der Waals surface area contributed by atoms with Gasteiger partial charge in [0.25, 0.3) is 0 Å². The highest BCUT2D eigenvalue weighted by Crippen LogP contribution is 2.41. The number of piperidine rings is 1. The zero-order valence-electron chi connectivity index (χ0n) is 22.5. The van der Waals surface area contributed by atoms with Gasteiger partial charge in [0.05, 0.1) is 26.9 Å². The first kappa shape index (κ1) is 25.8. The van der Waals surface area contributed by atoms with Crippen LogP contribution in [-0.2, 0) is 0 Å². The van der Waals surface area contributed by atoms with Crippen LogP contribution in [0.1, 0.15) is 58.3 Å². The molecule has 38 heavy (non-hydrogen) atoms. The summed E-state index contributed by atoms with van der Waals surface area (Å²) in [5.41, 5.74) is 8.66. The number of methoxy groups -OCH3 is 3. The van der Waals surface area contributed by atoms with Crippen molar-refractivity contribution in [1.82, 2.24) is 4.90 Å². The van der Waals surface area contributed by atoms with Crippen molar-refractivity contribution in [2.75, 3.05) is 41.0 Å². The Bertz CT molecular complexity index is 1330. The summed E-state index contributed by atoms with van der Waals surface area (Å²) >= 11 is 0. The van der Waals surface area contributed by atoms with E-state index in [0.717, 1.165) is 38.9 Å². The Morgan fingerprint density at radius 2 is 1.37 bits per heavy atom. The predicted molar refractivity (Wildman–Crippen MR) is 153 cm³/mol. The molecular formula is C33H35NO4. The smallest absolute Gasteiger partial charge is 0.204 e. The number of ether oxygens (including phenoxy) is 3. The summed E-state index contributed by atoms with van der Waals surface area (Å²) in [5.74, 6) is 1.49. The Hall–Kier alpha value is -3.83. The average molecular weight is 510 g/mol. The molecule has 0 atom stereocenters. The minimum absolute atomic E-state index is 0.0572. The van der Waals surface area contributed by atoms with Gasteiger partial charge in [0.1, 0.15) is 0 Å². The molecule has 1 aliphatic carbocycles. The zero-order chi connectivity index (χ0) is 26.5. The van der Waals surface area contributed by atoms with Crippen LogP contribution in [0.25, 0.3) is 17.7 Å². The maximum atomic E-state index is 13.1. The molecule has 0 aromatic heterocycles. The van der Waals surface area contributed by atoms with Crippen molar-refractivity contribution in [3.63, 3.8) is 0 Å². The Morgan fingerprint density at radius 3 is 1.95 bits per heavy atom. The molecule has 5 nitrogen and oxygen atoms in total. The summed E-state index contributed by atoms with van der Waals surface area (Å²) in [7, 11) is 4.68. The van der Waals surface area contributed by atoms with Crippen LogP contribution in [-0.4, -0.2) is 51.6 Å². The summed E-state index contributed by atoms with van der Waals surface area (Å²) < 4.78 is 16.3. The van der Waals surface area contributed by atoms with E-state index < -0.39 is 0 Å². The number of likely N-dealkylation sites (tertiary alicyclic amines) is 1. The molecule has 2 aliphatic rings. The van der Waals surface area contributed by atoms with Crippen LogP contribution in [0.2, 0.25) is 0 Å². The van der Waals surface area contributed by atoms with Crippen molar-refractivity contribution in [3.05, 3.63) is 94.1 Å². The Balaban J connectivity index is 1.25. The quantitative estimate of drug-likeness (QED) is 0.246. The lowest BCUT2D eigenvalue weighted by Gasteiger charge is -2.30. The Morgan fingerprint density at radius 1 is 0.763 bits per heavy atom. The molecule has 0 saturated carbocycles. The average Bonchev–Trinajstić information content (AvgIpc) is 3.13. The standard InChI is InChI=1S/C33H35NO4/c1-36-30-17-16-28(32(37-2)33(30)38-3)29(35)13-8-20-34-21-18-25(19-22-34)31-26-11-6-4-9-23(26)14-15-24-10-5-7-12-27(24)31/h4-7,9-12,14-17H,8,13,18-22H2,1-3H3. The lowest BCUT2D eigenvalue weighted by atomic mass is 9.86. The number of hydrogen-bond donors (Lipinski definition) is 0. The number of ketones is 1. The lowest BCUT2D eigenvalue weighted by Crippen LogP contribution is -2.32. The zero-order valence-corrected chi connectivity index (χ0v) is 22.5. The molecule has 196 valence electrons. The van der Waals surface area contributed by atoms with E-state index in [4.69, 9.17) is 14.2 Å². The van der Waals surface area contributed by atoms with Crippen molar-refractivity contribution in [1.29, 1.82) is 0 Å². The SMILES string of the molecule is COc1ccc(C(=O)CCCN2CCC(=C3c4ccccc4C=Cc4ccccc43)CC2)c(OC)c1OC. The molecule has 1 aliphatic heterocycles. The molecule has 5 heteroatoms. The van der Waals surface area contributed by atoms with Gasteiger partial charge in [-0.2, -0.15) is 0 Å². The van der Waals surface area contributed by atoms with Gasteiger partial charge in [0.15, 0.2) is 17.3 Å². The Kier molecular flexibility index (Phi) is 7.94. The number of carbonyl (C=O) groups excluding carboxylic acids is 1. The van der Waals surface area contributed by atoms with Crippen LogP contribution in [0, 0.1) is 0 Å². The highest BCUT2D eigenvalue weighted by Gasteiger charge is 2.24. The first-order valence-corrected chi connectivity index (χ1v) is 13.3. The second-order valence-corrected chi connectivity index (χ2v) is 9.74. The number of nitrogens with zero attached hydrogens (tertiary/aromatic N) is 1. The molecule has 3 aromatic carbocycles. The van der Waals surface area contributed by atoms with Crippen LogP contribution in [0.5, 0.6) is 17.2 Å². The maximum Gasteiger partial charge on any atom is 0.204 e. The van der Waals surface area contributed by atoms with E-state index in [-0.39, 0.29) is 5.78 Å². The van der Waals surface area contributed by atoms with Crippen molar-refractivity contribution < 1.29 is 19.0 Å². The summed E-state index contributed by atoms with van der Waals surface area (Å²) in [4.78, 5) is 15.5. The molecule has 0 unspecified atom stereocenters. The Labute approximate surface area is 225 Å². The fourth-order valence-corrected chi connectivity index (χ4v) is 5.66. The van der Waals surface area contributed by atoms with E-state index >= 15 is 0 Å². The molecular weight excluding hydrogens is 474 g/mol. The second kappa shape index (κ2) is 11.7. The van der Waals surface area contributed by atoms with Crippen molar-refractivity contribution in [3.8, 4) is 17.2 Å². The molecule has 3 aromatic rings. The van der Waals surface area contributed by atoms with Crippen LogP contribution >= 0.6 is 0 Å². The van der Waals surface area contributed by atoms with Gasteiger partial charge in [0, 0.05) is 19.5 Å². The van der Waals surface area contributed by atoms with E-state index in [1.807, 2.05) is 0 Å². The fourth-order valence-electron chi connectivity index (χ4n) is 5.66. The van der Waals surface area contributed by atoms with Gasteiger partial charge in [-0.3, -0.25) is 4.79 Å². The normalized spacial score (nSPS) is 14.9. The molecule has 5 rings (SSSR count). The number of Topliss-reactive ketones (excluding diaryl/α,β-unsaturated/α-hetero) is 1. The monoisotopic (exact) mass is 509 g/mol. The molecule has 0 spiro atoms. The molecule has 0 bridgehead atoms. The largest absolute Gasteiger partial charge is 0.493 e. The van der Waals surface area contributed by atoms with E-state index in [1.54, 1.807) is 33.5 Å². The van der Waals surface area contributed by atoms with Crippen molar-refractivity contribution >= 4 is 23.5 Å². The number of rotatable bonds is 8. The summed E-state index contributed by atoms with van der Waals surface area (Å²) in [6.45, 7) is 2.91. The molecule has 1 saturated heterocycles. The van der Waals surface area contributed by atoms with Gasteiger partial charge in [-0.15, -0.1) is 0 Å². The minimum Gasteiger partial charge on any atom is -0.493 e. The third kappa shape index (κ3) is 5.11. The van der Waals surface area contributed by atoms with Gasteiger partial charge in [-0.1, -0.05) is 66.3 Å². The number of benzene rings is 3. The van der Waals surface area contributed by atoms with E-state index in [2.05, 4.69) is 65.6 Å².